The van der Waals surface area contributed by atoms with Crippen LogP contribution in [0.15, 0.2) is 67.4 Å². The molecule has 1 amide bonds. The SMILES string of the molecule is O=C(NCCc1cccnc1)c1ccc2nnc([C@H]3CCN(Cc4cccnc4)C3)n2c1. The van der Waals surface area contributed by atoms with Gasteiger partial charge in [-0.1, -0.05) is 12.1 Å². The van der Waals surface area contributed by atoms with E-state index in [-0.39, 0.29) is 11.8 Å². The van der Waals surface area contributed by atoms with Crippen LogP contribution in [-0.4, -0.2) is 55.0 Å². The van der Waals surface area contributed by atoms with E-state index in [4.69, 9.17) is 0 Å². The Bertz CT molecular complexity index is 1190. The van der Waals surface area contributed by atoms with Crippen LogP contribution in [0.25, 0.3) is 5.65 Å². The molecular weight excluding hydrogens is 402 g/mol. The van der Waals surface area contributed by atoms with E-state index in [9.17, 15) is 4.79 Å². The van der Waals surface area contributed by atoms with Gasteiger partial charge in [0, 0.05) is 56.5 Å². The van der Waals surface area contributed by atoms with Crippen molar-refractivity contribution in [1.82, 2.24) is 34.8 Å². The Labute approximate surface area is 186 Å². The Kier molecular flexibility index (Phi) is 5.85. The molecule has 0 bridgehead atoms. The minimum atomic E-state index is -0.0972. The number of likely N-dealkylation sites (tertiary alicyclic amines) is 1. The summed E-state index contributed by atoms with van der Waals surface area (Å²) in [6.07, 6.45) is 10.9. The average Bonchev–Trinajstić information content (AvgIpc) is 3.46. The van der Waals surface area contributed by atoms with Crippen molar-refractivity contribution in [2.45, 2.75) is 25.3 Å². The summed E-state index contributed by atoms with van der Waals surface area (Å²) in [7, 11) is 0. The molecule has 1 aliphatic heterocycles. The number of pyridine rings is 3. The lowest BCUT2D eigenvalue weighted by Gasteiger charge is -2.15. The molecule has 0 saturated carbocycles. The lowest BCUT2D eigenvalue weighted by Crippen LogP contribution is -2.26. The fourth-order valence-corrected chi connectivity index (χ4v) is 4.23. The number of aromatic nitrogens is 5. The summed E-state index contributed by atoms with van der Waals surface area (Å²) >= 11 is 0. The first-order valence-corrected chi connectivity index (χ1v) is 10.9. The van der Waals surface area contributed by atoms with E-state index in [1.807, 2.05) is 47.3 Å². The van der Waals surface area contributed by atoms with Gasteiger partial charge in [-0.25, -0.2) is 0 Å². The Morgan fingerprint density at radius 1 is 1.03 bits per heavy atom. The number of hydrogen-bond acceptors (Lipinski definition) is 6. The molecule has 0 aromatic carbocycles. The van der Waals surface area contributed by atoms with Crippen molar-refractivity contribution in [3.8, 4) is 0 Å². The molecule has 1 atom stereocenters. The minimum absolute atomic E-state index is 0.0972. The molecule has 0 aliphatic carbocycles. The average molecular weight is 428 g/mol. The fourth-order valence-electron chi connectivity index (χ4n) is 4.23. The van der Waals surface area contributed by atoms with Gasteiger partial charge in [-0.15, -0.1) is 10.2 Å². The number of amides is 1. The maximum absolute atomic E-state index is 12.7. The van der Waals surface area contributed by atoms with Crippen LogP contribution in [0.2, 0.25) is 0 Å². The number of hydrogen-bond donors (Lipinski definition) is 1. The molecule has 32 heavy (non-hydrogen) atoms. The van der Waals surface area contributed by atoms with Crippen molar-refractivity contribution in [2.24, 2.45) is 0 Å². The second-order valence-corrected chi connectivity index (χ2v) is 8.15. The third kappa shape index (κ3) is 4.50. The van der Waals surface area contributed by atoms with E-state index in [0.29, 0.717) is 12.1 Å². The zero-order valence-corrected chi connectivity index (χ0v) is 17.8. The molecule has 8 heteroatoms. The Morgan fingerprint density at radius 2 is 1.84 bits per heavy atom. The summed E-state index contributed by atoms with van der Waals surface area (Å²) < 4.78 is 1.97. The Balaban J connectivity index is 1.25. The van der Waals surface area contributed by atoms with Gasteiger partial charge in [0.05, 0.1) is 5.56 Å². The number of carbonyl (C=O) groups excluding carboxylic acids is 1. The van der Waals surface area contributed by atoms with Crippen molar-refractivity contribution in [3.05, 3.63) is 89.9 Å². The second-order valence-electron chi connectivity index (χ2n) is 8.15. The standard InChI is InChI=1S/C24H25N7O/c32-24(27-11-7-18-3-1-9-25-13-18)21-5-6-22-28-29-23(31(22)17-21)20-8-12-30(16-20)15-19-4-2-10-26-14-19/h1-6,9-10,13-14,17,20H,7-8,11-12,15-16H2,(H,27,32)/t20-/m0/s1. The van der Waals surface area contributed by atoms with Gasteiger partial charge in [-0.2, -0.15) is 0 Å². The number of nitrogens with zero attached hydrogens (tertiary/aromatic N) is 6. The van der Waals surface area contributed by atoms with Gasteiger partial charge in [0.1, 0.15) is 5.82 Å². The first-order valence-electron chi connectivity index (χ1n) is 10.9. The van der Waals surface area contributed by atoms with Gasteiger partial charge < -0.3 is 5.32 Å². The van der Waals surface area contributed by atoms with Gasteiger partial charge in [-0.05, 0) is 54.8 Å². The van der Waals surface area contributed by atoms with Crippen LogP contribution in [0, 0.1) is 0 Å². The molecular formula is C24H25N7O. The monoisotopic (exact) mass is 427 g/mol. The van der Waals surface area contributed by atoms with E-state index in [2.05, 4.69) is 36.4 Å². The Hall–Kier alpha value is -3.65. The van der Waals surface area contributed by atoms with Crippen molar-refractivity contribution >= 4 is 11.6 Å². The van der Waals surface area contributed by atoms with Crippen LogP contribution in [0.5, 0.6) is 0 Å². The lowest BCUT2D eigenvalue weighted by atomic mass is 10.1. The van der Waals surface area contributed by atoms with E-state index >= 15 is 0 Å². The summed E-state index contributed by atoms with van der Waals surface area (Å²) in [5, 5.41) is 11.8. The number of nitrogens with one attached hydrogen (secondary N) is 1. The van der Waals surface area contributed by atoms with Crippen molar-refractivity contribution in [3.63, 3.8) is 0 Å². The molecule has 0 radical (unpaired) electrons. The molecule has 1 saturated heterocycles. The molecule has 4 aromatic heterocycles. The van der Waals surface area contributed by atoms with Gasteiger partial charge in [0.15, 0.2) is 5.65 Å². The Morgan fingerprint density at radius 3 is 2.62 bits per heavy atom. The summed E-state index contributed by atoms with van der Waals surface area (Å²) in [6.45, 7) is 3.36. The predicted octanol–water partition coefficient (Wildman–Crippen LogP) is 2.48. The third-order valence-corrected chi connectivity index (χ3v) is 5.88. The summed E-state index contributed by atoms with van der Waals surface area (Å²) in [5.41, 5.74) is 3.68. The van der Waals surface area contributed by atoms with Crippen LogP contribution in [0.4, 0.5) is 0 Å². The highest BCUT2D eigenvalue weighted by Gasteiger charge is 2.28. The van der Waals surface area contributed by atoms with Gasteiger partial charge >= 0.3 is 0 Å². The molecule has 1 N–H and O–H groups in total. The van der Waals surface area contributed by atoms with Gasteiger partial charge in [-0.3, -0.25) is 24.1 Å². The van der Waals surface area contributed by atoms with E-state index in [1.54, 1.807) is 18.5 Å². The highest BCUT2D eigenvalue weighted by Crippen LogP contribution is 2.27. The second kappa shape index (κ2) is 9.23. The van der Waals surface area contributed by atoms with Crippen molar-refractivity contribution in [1.29, 1.82) is 0 Å². The number of fused-ring (bicyclic) bond motifs is 1. The molecule has 1 fully saturated rings. The molecule has 4 aromatic rings. The molecule has 0 spiro atoms. The normalized spacial score (nSPS) is 16.4. The minimum Gasteiger partial charge on any atom is -0.352 e. The predicted molar refractivity (Wildman–Crippen MR) is 120 cm³/mol. The molecule has 0 unspecified atom stereocenters. The molecule has 8 nitrogen and oxygen atoms in total. The lowest BCUT2D eigenvalue weighted by molar-refractivity contribution is 0.0953. The van der Waals surface area contributed by atoms with E-state index < -0.39 is 0 Å². The quantitative estimate of drug-likeness (QED) is 0.488. The molecule has 162 valence electrons. The topological polar surface area (TPSA) is 88.3 Å². The smallest absolute Gasteiger partial charge is 0.252 e. The zero-order chi connectivity index (χ0) is 21.8. The zero-order valence-electron chi connectivity index (χ0n) is 17.8. The van der Waals surface area contributed by atoms with Crippen LogP contribution < -0.4 is 5.32 Å². The van der Waals surface area contributed by atoms with Crippen LogP contribution >= 0.6 is 0 Å². The van der Waals surface area contributed by atoms with Gasteiger partial charge in [0.2, 0.25) is 0 Å². The van der Waals surface area contributed by atoms with E-state index in [0.717, 1.165) is 49.5 Å². The third-order valence-electron chi connectivity index (χ3n) is 5.88. The van der Waals surface area contributed by atoms with Gasteiger partial charge in [0.25, 0.3) is 5.91 Å². The summed E-state index contributed by atoms with van der Waals surface area (Å²) in [4.78, 5) is 23.4. The molecule has 5 heterocycles. The summed E-state index contributed by atoms with van der Waals surface area (Å²) in [6, 6.07) is 11.6. The number of rotatable bonds is 7. The first-order chi connectivity index (χ1) is 15.8. The largest absolute Gasteiger partial charge is 0.352 e. The molecule has 5 rings (SSSR count). The van der Waals surface area contributed by atoms with E-state index in [1.165, 1.54) is 5.56 Å². The highest BCUT2D eigenvalue weighted by atomic mass is 16.1. The van der Waals surface area contributed by atoms with Crippen LogP contribution in [0.1, 0.15) is 39.6 Å². The maximum Gasteiger partial charge on any atom is 0.252 e. The van der Waals surface area contributed by atoms with Crippen LogP contribution in [-0.2, 0) is 13.0 Å². The number of carbonyl (C=O) groups is 1. The van der Waals surface area contributed by atoms with Crippen molar-refractivity contribution in [2.75, 3.05) is 19.6 Å². The maximum atomic E-state index is 12.7. The molecule has 1 aliphatic rings. The van der Waals surface area contributed by atoms with Crippen LogP contribution in [0.3, 0.4) is 0 Å². The highest BCUT2D eigenvalue weighted by molar-refractivity contribution is 5.94. The summed E-state index contributed by atoms with van der Waals surface area (Å²) in [5.74, 6) is 1.10. The van der Waals surface area contributed by atoms with Crippen molar-refractivity contribution < 1.29 is 4.79 Å². The fraction of sp³-hybridized carbons (Fsp3) is 0.292. The first kappa shape index (κ1) is 20.3.